The Morgan fingerprint density at radius 3 is 2.85 bits per heavy atom. The van der Waals surface area contributed by atoms with Crippen LogP contribution >= 0.6 is 22.9 Å². The number of aromatic nitrogens is 4. The fraction of sp³-hybridized carbons (Fsp3) is 0.158. The summed E-state index contributed by atoms with van der Waals surface area (Å²) in [5, 5.41) is 0.672. The van der Waals surface area contributed by atoms with E-state index < -0.39 is 0 Å². The van der Waals surface area contributed by atoms with E-state index in [1.165, 1.54) is 11.3 Å². The molecule has 0 radical (unpaired) electrons. The summed E-state index contributed by atoms with van der Waals surface area (Å²) in [6.45, 7) is 0.470. The van der Waals surface area contributed by atoms with E-state index in [1.807, 2.05) is 25.2 Å². The van der Waals surface area contributed by atoms with Gasteiger partial charge in [-0.1, -0.05) is 17.7 Å². The number of imidazole rings is 1. The topological polar surface area (TPSA) is 63.9 Å². The predicted molar refractivity (Wildman–Crippen MR) is 107 cm³/mol. The minimum Gasteiger partial charge on any atom is -0.335 e. The van der Waals surface area contributed by atoms with Crippen LogP contribution in [0.2, 0.25) is 5.02 Å². The molecule has 27 heavy (non-hydrogen) atoms. The number of carbonyl (C=O) groups excluding carboxylic acids is 1. The van der Waals surface area contributed by atoms with Crippen molar-refractivity contribution >= 4 is 39.1 Å². The minimum absolute atomic E-state index is 0.148. The Hall–Kier alpha value is -2.77. The first kappa shape index (κ1) is 17.6. The van der Waals surface area contributed by atoms with Gasteiger partial charge in [0.1, 0.15) is 0 Å². The molecule has 136 valence electrons. The van der Waals surface area contributed by atoms with E-state index in [1.54, 1.807) is 47.4 Å². The lowest BCUT2D eigenvalue weighted by molar-refractivity contribution is 0.0769. The van der Waals surface area contributed by atoms with Crippen LogP contribution in [0.1, 0.15) is 16.2 Å². The number of nitrogens with zero attached hydrogens (tertiary/aromatic N) is 5. The molecule has 0 saturated carbocycles. The molecule has 6 nitrogen and oxygen atoms in total. The van der Waals surface area contributed by atoms with E-state index >= 15 is 0 Å². The van der Waals surface area contributed by atoms with Crippen molar-refractivity contribution in [3.8, 4) is 10.6 Å². The fourth-order valence-corrected chi connectivity index (χ4v) is 4.21. The van der Waals surface area contributed by atoms with Crippen LogP contribution in [0.15, 0.2) is 49.1 Å². The van der Waals surface area contributed by atoms with Crippen molar-refractivity contribution in [3.63, 3.8) is 0 Å². The second kappa shape index (κ2) is 7.09. The van der Waals surface area contributed by atoms with Crippen molar-refractivity contribution in [2.45, 2.75) is 6.54 Å². The van der Waals surface area contributed by atoms with Crippen LogP contribution in [0.3, 0.4) is 0 Å². The molecular formula is C19H16ClN5OS. The summed E-state index contributed by atoms with van der Waals surface area (Å²) in [6, 6.07) is 7.54. The standard InChI is InChI=1S/C19H16ClN5OS/c1-24(11-12-4-3-6-21-9-12)19(26)18-23-10-15(25(18)2)16-8-14-17(27-16)13(20)5-7-22-14/h3-10H,11H2,1-2H3. The fourth-order valence-electron chi connectivity index (χ4n) is 2.88. The lowest BCUT2D eigenvalue weighted by Crippen LogP contribution is -2.28. The van der Waals surface area contributed by atoms with Gasteiger partial charge in [0.2, 0.25) is 0 Å². The third-order valence-electron chi connectivity index (χ3n) is 4.29. The SMILES string of the molecule is CN(Cc1cccnc1)C(=O)c1ncc(-c2cc3nccc(Cl)c3s2)n1C. The molecule has 0 aliphatic carbocycles. The number of rotatable bonds is 4. The van der Waals surface area contributed by atoms with Gasteiger partial charge in [-0.05, 0) is 23.8 Å². The molecule has 8 heteroatoms. The number of halogens is 1. The highest BCUT2D eigenvalue weighted by atomic mass is 35.5. The van der Waals surface area contributed by atoms with E-state index in [2.05, 4.69) is 15.0 Å². The summed E-state index contributed by atoms with van der Waals surface area (Å²) < 4.78 is 2.73. The van der Waals surface area contributed by atoms with Gasteiger partial charge in [-0.15, -0.1) is 11.3 Å². The van der Waals surface area contributed by atoms with E-state index in [0.717, 1.165) is 26.4 Å². The largest absolute Gasteiger partial charge is 0.335 e. The Balaban J connectivity index is 1.63. The predicted octanol–water partition coefficient (Wildman–Crippen LogP) is 4.02. The maximum atomic E-state index is 12.8. The van der Waals surface area contributed by atoms with Crippen molar-refractivity contribution in [1.82, 2.24) is 24.4 Å². The van der Waals surface area contributed by atoms with Crippen LogP contribution in [0, 0.1) is 0 Å². The van der Waals surface area contributed by atoms with Gasteiger partial charge in [0.05, 0.1) is 32.0 Å². The lowest BCUT2D eigenvalue weighted by atomic mass is 10.2. The Morgan fingerprint density at radius 2 is 2.11 bits per heavy atom. The highest BCUT2D eigenvalue weighted by molar-refractivity contribution is 7.22. The zero-order valence-electron chi connectivity index (χ0n) is 14.8. The van der Waals surface area contributed by atoms with Gasteiger partial charge in [-0.2, -0.15) is 0 Å². The highest BCUT2D eigenvalue weighted by Crippen LogP contribution is 2.36. The van der Waals surface area contributed by atoms with Crippen molar-refractivity contribution in [2.75, 3.05) is 7.05 Å². The third-order valence-corrected chi connectivity index (χ3v) is 5.89. The first-order valence-electron chi connectivity index (χ1n) is 8.25. The molecule has 0 unspecified atom stereocenters. The second-order valence-electron chi connectivity index (χ2n) is 6.17. The highest BCUT2D eigenvalue weighted by Gasteiger charge is 2.20. The summed E-state index contributed by atoms with van der Waals surface area (Å²) in [4.78, 5) is 28.2. The molecule has 0 atom stereocenters. The first-order valence-corrected chi connectivity index (χ1v) is 9.44. The van der Waals surface area contributed by atoms with Crippen LogP contribution in [0.4, 0.5) is 0 Å². The van der Waals surface area contributed by atoms with E-state index in [9.17, 15) is 4.79 Å². The molecule has 0 saturated heterocycles. The van der Waals surface area contributed by atoms with Crippen LogP contribution in [0.5, 0.6) is 0 Å². The molecule has 0 bridgehead atoms. The van der Waals surface area contributed by atoms with Gasteiger partial charge < -0.3 is 9.47 Å². The van der Waals surface area contributed by atoms with Crippen molar-refractivity contribution in [1.29, 1.82) is 0 Å². The average molecular weight is 398 g/mol. The summed E-state index contributed by atoms with van der Waals surface area (Å²) in [5.41, 5.74) is 2.66. The van der Waals surface area contributed by atoms with E-state index in [-0.39, 0.29) is 5.91 Å². The van der Waals surface area contributed by atoms with E-state index in [4.69, 9.17) is 11.6 Å². The third kappa shape index (κ3) is 3.31. The summed E-state index contributed by atoms with van der Waals surface area (Å²) in [6.07, 6.45) is 6.86. The van der Waals surface area contributed by atoms with Crippen molar-refractivity contribution < 1.29 is 4.79 Å². The molecule has 4 rings (SSSR count). The Kier molecular flexibility index (Phi) is 4.63. The zero-order valence-corrected chi connectivity index (χ0v) is 16.3. The molecule has 4 heterocycles. The Bertz CT molecular complexity index is 1120. The molecule has 0 N–H and O–H groups in total. The Morgan fingerprint density at radius 1 is 1.26 bits per heavy atom. The number of carbonyl (C=O) groups is 1. The van der Waals surface area contributed by atoms with Crippen molar-refractivity contribution in [2.24, 2.45) is 7.05 Å². The number of pyridine rings is 2. The summed E-state index contributed by atoms with van der Waals surface area (Å²) in [5.74, 6) is 0.234. The molecule has 0 aromatic carbocycles. The van der Waals surface area contributed by atoms with Crippen LogP contribution in [-0.2, 0) is 13.6 Å². The molecule has 4 aromatic heterocycles. The van der Waals surface area contributed by atoms with Gasteiger partial charge in [0.15, 0.2) is 5.82 Å². The quantitative estimate of drug-likeness (QED) is 0.521. The van der Waals surface area contributed by atoms with Gasteiger partial charge in [-0.25, -0.2) is 4.98 Å². The number of fused-ring (bicyclic) bond motifs is 1. The van der Waals surface area contributed by atoms with Gasteiger partial charge in [0.25, 0.3) is 5.91 Å². The van der Waals surface area contributed by atoms with Gasteiger partial charge in [0, 0.05) is 39.2 Å². The number of thiophene rings is 1. The normalized spacial score (nSPS) is 11.1. The van der Waals surface area contributed by atoms with Crippen LogP contribution < -0.4 is 0 Å². The summed E-state index contributed by atoms with van der Waals surface area (Å²) >= 11 is 7.79. The molecule has 0 fully saturated rings. The number of hydrogen-bond acceptors (Lipinski definition) is 5. The van der Waals surface area contributed by atoms with Gasteiger partial charge >= 0.3 is 0 Å². The molecule has 0 aliphatic rings. The summed E-state index contributed by atoms with van der Waals surface area (Å²) in [7, 11) is 3.60. The molecular weight excluding hydrogens is 382 g/mol. The maximum absolute atomic E-state index is 12.8. The first-order chi connectivity index (χ1) is 13.0. The van der Waals surface area contributed by atoms with Crippen LogP contribution in [-0.4, -0.2) is 37.4 Å². The lowest BCUT2D eigenvalue weighted by Gasteiger charge is -2.16. The average Bonchev–Trinajstić information content (AvgIpc) is 3.26. The number of hydrogen-bond donors (Lipinski definition) is 0. The minimum atomic E-state index is -0.148. The molecule has 4 aromatic rings. The zero-order chi connectivity index (χ0) is 19.0. The molecule has 0 aliphatic heterocycles. The Labute approximate surface area is 165 Å². The maximum Gasteiger partial charge on any atom is 0.289 e. The second-order valence-corrected chi connectivity index (χ2v) is 7.63. The van der Waals surface area contributed by atoms with Crippen molar-refractivity contribution in [3.05, 3.63) is 65.5 Å². The van der Waals surface area contributed by atoms with E-state index in [0.29, 0.717) is 17.4 Å². The van der Waals surface area contributed by atoms with Gasteiger partial charge in [-0.3, -0.25) is 14.8 Å². The molecule has 0 spiro atoms. The smallest absolute Gasteiger partial charge is 0.289 e. The molecule has 1 amide bonds. The monoisotopic (exact) mass is 397 g/mol. The van der Waals surface area contributed by atoms with Crippen LogP contribution in [0.25, 0.3) is 20.8 Å². The number of amides is 1.